The molecule has 28 heteroatoms. The molecule has 0 saturated carbocycles. The van der Waals surface area contributed by atoms with Gasteiger partial charge in [0.05, 0.1) is 36.6 Å². The second-order valence-corrected chi connectivity index (χ2v) is 26.9. The molecule has 96 heavy (non-hydrogen) atoms. The highest BCUT2D eigenvalue weighted by molar-refractivity contribution is 6.31. The van der Waals surface area contributed by atoms with Crippen molar-refractivity contribution in [3.63, 3.8) is 0 Å². The minimum absolute atomic E-state index is 0.0502. The Morgan fingerprint density at radius 1 is 0.646 bits per heavy atom. The van der Waals surface area contributed by atoms with Crippen LogP contribution in [-0.4, -0.2) is 253 Å². The summed E-state index contributed by atoms with van der Waals surface area (Å²) in [5.74, 6) is -8.91. The van der Waals surface area contributed by atoms with Gasteiger partial charge in [-0.1, -0.05) is 102 Å². The van der Waals surface area contributed by atoms with Crippen LogP contribution in [0.2, 0.25) is 5.02 Å². The Labute approximate surface area is 568 Å². The van der Waals surface area contributed by atoms with E-state index < -0.39 is 168 Å². The van der Waals surface area contributed by atoms with Crippen LogP contribution >= 0.6 is 11.6 Å². The summed E-state index contributed by atoms with van der Waals surface area (Å²) in [6, 6.07) is 1.75. The van der Waals surface area contributed by atoms with E-state index >= 15 is 0 Å². The van der Waals surface area contributed by atoms with Crippen LogP contribution in [0.15, 0.2) is 42.5 Å². The van der Waals surface area contributed by atoms with Crippen molar-refractivity contribution in [3.8, 4) is 0 Å². The van der Waals surface area contributed by atoms with Crippen molar-refractivity contribution >= 4 is 82.5 Å². The number of carbonyl (C=O) groups excluding carboxylic acids is 12. The number of rotatable bonds is 12. The fourth-order valence-corrected chi connectivity index (χ4v) is 12.1. The van der Waals surface area contributed by atoms with Crippen LogP contribution in [0.5, 0.6) is 0 Å². The fourth-order valence-electron chi connectivity index (χ4n) is 11.8. The zero-order valence-electron chi connectivity index (χ0n) is 58.8. The molecule has 0 bridgehead atoms. The molecule has 2 aromatic rings. The van der Waals surface area contributed by atoms with Gasteiger partial charge in [-0.15, -0.1) is 0 Å². The number of benzene rings is 2. The van der Waals surface area contributed by atoms with Crippen LogP contribution in [0.1, 0.15) is 128 Å². The van der Waals surface area contributed by atoms with Crippen molar-refractivity contribution in [1.82, 2.24) is 60.0 Å². The predicted octanol–water partition coefficient (Wildman–Crippen LogP) is 4.40. The monoisotopic (exact) mass is 1370 g/mol. The minimum atomic E-state index is -4.75. The Balaban J connectivity index is 1.78. The number of nitrogens with one attached hydrogen (secondary N) is 3. The fraction of sp³-hybridized carbons (Fsp3) is 0.647. The molecule has 12 amide bonds. The number of fused-ring (bicyclic) bond motifs is 1. The van der Waals surface area contributed by atoms with Gasteiger partial charge in [0, 0.05) is 89.4 Å². The average Bonchev–Trinajstić information content (AvgIpc) is 1.24. The third kappa shape index (κ3) is 22.1. The summed E-state index contributed by atoms with van der Waals surface area (Å²) in [6.07, 6.45) is -3.55. The van der Waals surface area contributed by atoms with E-state index in [1.54, 1.807) is 26.0 Å². The van der Waals surface area contributed by atoms with Crippen molar-refractivity contribution in [2.45, 2.75) is 174 Å². The third-order valence-corrected chi connectivity index (χ3v) is 18.8. The number of hydrogen-bond acceptors (Lipinski definition) is 12. The van der Waals surface area contributed by atoms with Gasteiger partial charge in [-0.2, -0.15) is 13.2 Å². The summed E-state index contributed by atoms with van der Waals surface area (Å²) in [4.78, 5) is 183. The van der Waals surface area contributed by atoms with Crippen molar-refractivity contribution in [3.05, 3.63) is 69.7 Å². The molecule has 0 radical (unpaired) electrons. The highest BCUT2D eigenvalue weighted by Gasteiger charge is 2.43. The molecular formula is C68H102ClF3N12O12. The Kier molecular flexibility index (Phi) is 30.6. The van der Waals surface area contributed by atoms with E-state index in [-0.39, 0.29) is 70.4 Å². The molecule has 2 aromatic carbocycles. The molecule has 24 nitrogen and oxygen atoms in total. The number of hydrogen-bond donors (Lipinski definition) is 3. The number of aryl methyl sites for hydroxylation is 2. The van der Waals surface area contributed by atoms with Gasteiger partial charge in [-0.05, 0) is 92.9 Å². The maximum absolute atomic E-state index is 14.8. The van der Waals surface area contributed by atoms with Crippen molar-refractivity contribution in [2.75, 3.05) is 96.2 Å². The third-order valence-electron chi connectivity index (χ3n) is 18.4. The molecule has 1 unspecified atom stereocenters. The molecule has 4 rings (SSSR count). The first kappa shape index (κ1) is 80.6. The molecule has 0 aromatic heterocycles. The zero-order chi connectivity index (χ0) is 72.4. The lowest BCUT2D eigenvalue weighted by Crippen LogP contribution is -2.59. The van der Waals surface area contributed by atoms with Crippen LogP contribution in [-0.2, 0) is 76.6 Å². The standard InChI is InChI=1S/C68H102ClF3N12O12/c1-17-43(6)59-66(95)79(12)39-57(88)77(10)40-58(89)81(14)52(36-46-26-24-42(5)25-27-46)65(94)78(11)38-54(85)74-49(31-29-45-28-30-47(48(69)35-45)68(70,71)72)63(92)84-33-21-22-50(84)61(90)73-32-20-19-23-55(86)83(16)60(44(7)18-2)67(96)82(15)53(64(93)76(8)9)37-56(87)80(13)51(34-41(3)4)62(91)75-59/h24-28,30,35,41,43-44,49-53,59-60H,17-23,29,31-34,36-40H2,1-16H3,(H,73,90)(H,74,85)(H,75,91)/t43-,44-,49-,50-,51-,52-,53-,59-,60?/m0/s1. The molecule has 2 aliphatic rings. The van der Waals surface area contributed by atoms with Gasteiger partial charge in [0.15, 0.2) is 0 Å². The molecule has 2 heterocycles. The van der Waals surface area contributed by atoms with Gasteiger partial charge in [0.1, 0.15) is 42.3 Å². The summed E-state index contributed by atoms with van der Waals surface area (Å²) in [7, 11) is 12.6. The summed E-state index contributed by atoms with van der Waals surface area (Å²) >= 11 is 6.08. The van der Waals surface area contributed by atoms with Gasteiger partial charge < -0.3 is 60.0 Å². The Morgan fingerprint density at radius 2 is 1.24 bits per heavy atom. The van der Waals surface area contributed by atoms with E-state index in [0.29, 0.717) is 30.4 Å². The Hall–Kier alpha value is -7.84. The molecule has 2 fully saturated rings. The average molecular weight is 1370 g/mol. The molecule has 2 aliphatic heterocycles. The van der Waals surface area contributed by atoms with E-state index in [2.05, 4.69) is 16.0 Å². The number of nitrogens with zero attached hydrogens (tertiary/aromatic N) is 9. The topological polar surface area (TPSA) is 270 Å². The van der Waals surface area contributed by atoms with Gasteiger partial charge >= 0.3 is 6.18 Å². The van der Waals surface area contributed by atoms with E-state index in [0.717, 1.165) is 42.2 Å². The number of likely N-dealkylation sites (N-methyl/N-ethyl adjacent to an activating group) is 8. The summed E-state index contributed by atoms with van der Waals surface area (Å²) in [5.41, 5.74) is 0.785. The van der Waals surface area contributed by atoms with E-state index in [1.165, 1.54) is 89.1 Å². The van der Waals surface area contributed by atoms with Crippen LogP contribution in [0.4, 0.5) is 13.2 Å². The van der Waals surface area contributed by atoms with Crippen LogP contribution in [0, 0.1) is 24.7 Å². The van der Waals surface area contributed by atoms with Gasteiger partial charge in [-0.25, -0.2) is 0 Å². The normalized spacial score (nSPS) is 23.7. The second-order valence-electron chi connectivity index (χ2n) is 26.5. The van der Waals surface area contributed by atoms with Crippen molar-refractivity contribution < 1.29 is 70.7 Å². The maximum atomic E-state index is 14.8. The summed E-state index contributed by atoms with van der Waals surface area (Å²) in [5, 5.41) is 7.83. The van der Waals surface area contributed by atoms with Gasteiger partial charge in [0.25, 0.3) is 0 Å². The quantitative estimate of drug-likeness (QED) is 0.267. The molecular weight excluding hydrogens is 1270 g/mol. The number of amides is 12. The lowest BCUT2D eigenvalue weighted by molar-refractivity contribution is -0.153. The number of carbonyl (C=O) groups is 12. The number of alkyl halides is 3. The molecule has 2 saturated heterocycles. The molecule has 0 aliphatic carbocycles. The first-order valence-electron chi connectivity index (χ1n) is 32.9. The van der Waals surface area contributed by atoms with Crippen molar-refractivity contribution in [2.24, 2.45) is 17.8 Å². The lowest BCUT2D eigenvalue weighted by Gasteiger charge is -2.38. The first-order chi connectivity index (χ1) is 44.9. The Bertz CT molecular complexity index is 3100. The first-order valence-corrected chi connectivity index (χ1v) is 33.3. The van der Waals surface area contributed by atoms with Crippen LogP contribution < -0.4 is 16.0 Å². The molecule has 0 spiro atoms. The molecule has 534 valence electrons. The van der Waals surface area contributed by atoms with E-state index in [1.807, 2.05) is 46.8 Å². The van der Waals surface area contributed by atoms with Crippen molar-refractivity contribution in [1.29, 1.82) is 0 Å². The predicted molar refractivity (Wildman–Crippen MR) is 356 cm³/mol. The Morgan fingerprint density at radius 3 is 1.82 bits per heavy atom. The van der Waals surface area contributed by atoms with Gasteiger partial charge in [0.2, 0.25) is 70.9 Å². The van der Waals surface area contributed by atoms with E-state index in [4.69, 9.17) is 11.6 Å². The summed E-state index contributed by atoms with van der Waals surface area (Å²) in [6.45, 7) is 11.1. The molecule has 9 atom stereocenters. The SMILES string of the molecule is CC[C@H](C)C1C(=O)N(C)[C@H](C(=O)N(C)C)CC(=O)N(C)[C@@H](CC(C)C)C(=O)N[C@@H]([C@@H](C)CC)C(=O)N(C)CC(=O)N(C)CC(=O)N(C)[C@@H](Cc2ccc(C)cc2)C(=O)N(C)CC(=O)N[C@@H](CCc2ccc(C(F)(F)F)c(Cl)c2)C(=O)N2CCC[C@H]2C(=O)NCCCCC(=O)N1C. The summed E-state index contributed by atoms with van der Waals surface area (Å²) < 4.78 is 41.2. The number of halogens is 4. The maximum Gasteiger partial charge on any atom is 0.417 e. The smallest absolute Gasteiger partial charge is 0.354 e. The second kappa shape index (κ2) is 36.5. The highest BCUT2D eigenvalue weighted by atomic mass is 35.5. The highest BCUT2D eigenvalue weighted by Crippen LogP contribution is 2.35. The molecule has 3 N–H and O–H groups in total. The lowest BCUT2D eigenvalue weighted by atomic mass is 9.94. The van der Waals surface area contributed by atoms with E-state index in [9.17, 15) is 70.7 Å². The minimum Gasteiger partial charge on any atom is -0.354 e. The van der Waals surface area contributed by atoms with Gasteiger partial charge in [-0.3, -0.25) is 57.5 Å². The zero-order valence-corrected chi connectivity index (χ0v) is 59.5. The largest absolute Gasteiger partial charge is 0.417 e. The van der Waals surface area contributed by atoms with Crippen LogP contribution in [0.3, 0.4) is 0 Å². The van der Waals surface area contributed by atoms with Crippen LogP contribution in [0.25, 0.3) is 0 Å².